The molecule has 15 heavy (non-hydrogen) atoms. The van der Waals surface area contributed by atoms with Gasteiger partial charge in [-0.3, -0.25) is 0 Å². The molecule has 0 unspecified atom stereocenters. The summed E-state index contributed by atoms with van der Waals surface area (Å²) in [6.45, 7) is 1.54. The van der Waals surface area contributed by atoms with Gasteiger partial charge in [0.15, 0.2) is 0 Å². The molecule has 76 valence electrons. The van der Waals surface area contributed by atoms with Gasteiger partial charge in [-0.15, -0.1) is 0 Å². The second kappa shape index (κ2) is 3.51. The summed E-state index contributed by atoms with van der Waals surface area (Å²) in [4.78, 5) is 0. The van der Waals surface area contributed by atoms with Crippen molar-refractivity contribution in [2.45, 2.75) is 13.0 Å². The molecule has 0 saturated carbocycles. The van der Waals surface area contributed by atoms with Crippen LogP contribution in [0.15, 0.2) is 36.7 Å². The zero-order valence-electron chi connectivity index (χ0n) is 8.39. The molecule has 0 saturated heterocycles. The molecule has 1 aliphatic heterocycles. The van der Waals surface area contributed by atoms with Gasteiger partial charge in [0.05, 0.1) is 18.9 Å². The van der Waals surface area contributed by atoms with Gasteiger partial charge in [-0.25, -0.2) is 4.68 Å². The Morgan fingerprint density at radius 2 is 2.27 bits per heavy atom. The van der Waals surface area contributed by atoms with Crippen LogP contribution in [0.5, 0.6) is 0 Å². The smallest absolute Gasteiger partial charge is 0.0720 e. The standard InChI is InChI=1S/C12H12N2O/c1-3-10-9-15-8-5-11(10)12(4-1)14-7-2-6-13-14/h1-4,6-7H,5,8-9H2. The van der Waals surface area contributed by atoms with Gasteiger partial charge in [0.25, 0.3) is 0 Å². The molecule has 0 aliphatic carbocycles. The van der Waals surface area contributed by atoms with Crippen molar-refractivity contribution in [1.29, 1.82) is 0 Å². The van der Waals surface area contributed by atoms with Gasteiger partial charge in [0.2, 0.25) is 0 Å². The van der Waals surface area contributed by atoms with Gasteiger partial charge in [0, 0.05) is 12.4 Å². The SMILES string of the molecule is c1cc2c(c(-n3cccn3)c1)CCOC2. The lowest BCUT2D eigenvalue weighted by molar-refractivity contribution is 0.110. The molecule has 2 heterocycles. The zero-order valence-corrected chi connectivity index (χ0v) is 8.39. The average Bonchev–Trinajstić information content (AvgIpc) is 2.82. The highest BCUT2D eigenvalue weighted by atomic mass is 16.5. The summed E-state index contributed by atoms with van der Waals surface area (Å²) in [6.07, 6.45) is 4.76. The minimum atomic E-state index is 0.727. The Bertz CT molecular complexity index is 462. The molecule has 0 bridgehead atoms. The Hall–Kier alpha value is -1.61. The third kappa shape index (κ3) is 1.45. The molecule has 0 atom stereocenters. The minimum Gasteiger partial charge on any atom is -0.376 e. The van der Waals surface area contributed by atoms with Gasteiger partial charge in [-0.05, 0) is 29.7 Å². The van der Waals surface area contributed by atoms with Crippen LogP contribution >= 0.6 is 0 Å². The molecular formula is C12H12N2O. The molecule has 1 aromatic heterocycles. The number of nitrogens with zero attached hydrogens (tertiary/aromatic N) is 2. The Kier molecular flexibility index (Phi) is 2.03. The van der Waals surface area contributed by atoms with Crippen LogP contribution in [0, 0.1) is 0 Å². The van der Waals surface area contributed by atoms with E-state index in [1.165, 1.54) is 16.8 Å². The number of aromatic nitrogens is 2. The topological polar surface area (TPSA) is 27.1 Å². The van der Waals surface area contributed by atoms with Gasteiger partial charge in [-0.1, -0.05) is 12.1 Å². The third-order valence-corrected chi connectivity index (χ3v) is 2.75. The van der Waals surface area contributed by atoms with Crippen LogP contribution in [0.25, 0.3) is 5.69 Å². The van der Waals surface area contributed by atoms with E-state index in [4.69, 9.17) is 4.74 Å². The maximum absolute atomic E-state index is 5.44. The molecule has 3 rings (SSSR count). The summed E-state index contributed by atoms with van der Waals surface area (Å²) in [5, 5.41) is 4.27. The van der Waals surface area contributed by atoms with E-state index in [0.29, 0.717) is 0 Å². The van der Waals surface area contributed by atoms with E-state index in [1.807, 2.05) is 16.9 Å². The molecular weight excluding hydrogens is 188 g/mol. The van der Waals surface area contributed by atoms with Gasteiger partial charge >= 0.3 is 0 Å². The summed E-state index contributed by atoms with van der Waals surface area (Å²) >= 11 is 0. The number of benzene rings is 1. The average molecular weight is 200 g/mol. The van der Waals surface area contributed by atoms with E-state index in [-0.39, 0.29) is 0 Å². The summed E-state index contributed by atoms with van der Waals surface area (Å²) in [6, 6.07) is 8.24. The van der Waals surface area contributed by atoms with Crippen molar-refractivity contribution in [1.82, 2.24) is 9.78 Å². The van der Waals surface area contributed by atoms with Gasteiger partial charge in [0.1, 0.15) is 0 Å². The zero-order chi connectivity index (χ0) is 10.1. The number of fused-ring (bicyclic) bond motifs is 1. The normalized spacial score (nSPS) is 14.9. The van der Waals surface area contributed by atoms with Crippen LogP contribution < -0.4 is 0 Å². The van der Waals surface area contributed by atoms with Gasteiger partial charge in [-0.2, -0.15) is 5.10 Å². The Balaban J connectivity index is 2.15. The van der Waals surface area contributed by atoms with E-state index in [9.17, 15) is 0 Å². The second-order valence-electron chi connectivity index (χ2n) is 3.67. The fourth-order valence-corrected chi connectivity index (χ4v) is 2.03. The first kappa shape index (κ1) is 8.68. The molecule has 2 aromatic rings. The van der Waals surface area contributed by atoms with Crippen molar-refractivity contribution < 1.29 is 4.74 Å². The van der Waals surface area contributed by atoms with E-state index < -0.39 is 0 Å². The lowest BCUT2D eigenvalue weighted by atomic mass is 10.0. The van der Waals surface area contributed by atoms with E-state index in [2.05, 4.69) is 23.3 Å². The van der Waals surface area contributed by atoms with Crippen molar-refractivity contribution >= 4 is 0 Å². The van der Waals surface area contributed by atoms with E-state index in [1.54, 1.807) is 6.20 Å². The van der Waals surface area contributed by atoms with Gasteiger partial charge < -0.3 is 4.74 Å². The summed E-state index contributed by atoms with van der Waals surface area (Å²) in [5.74, 6) is 0. The maximum atomic E-state index is 5.44. The fourth-order valence-electron chi connectivity index (χ4n) is 2.03. The van der Waals surface area contributed by atoms with Crippen LogP contribution in [0.2, 0.25) is 0 Å². The first-order chi connectivity index (χ1) is 7.45. The number of rotatable bonds is 1. The maximum Gasteiger partial charge on any atom is 0.0720 e. The summed E-state index contributed by atoms with van der Waals surface area (Å²) in [5.41, 5.74) is 3.84. The molecule has 1 aromatic carbocycles. The predicted octanol–water partition coefficient (Wildman–Crippen LogP) is 1.95. The number of hydrogen-bond acceptors (Lipinski definition) is 2. The van der Waals surface area contributed by atoms with Crippen LogP contribution in [0.1, 0.15) is 11.1 Å². The quantitative estimate of drug-likeness (QED) is 0.703. The highest BCUT2D eigenvalue weighted by molar-refractivity contribution is 5.46. The van der Waals surface area contributed by atoms with Crippen LogP contribution in [0.4, 0.5) is 0 Å². The molecule has 3 nitrogen and oxygen atoms in total. The first-order valence-corrected chi connectivity index (χ1v) is 5.14. The predicted molar refractivity (Wildman–Crippen MR) is 56.9 cm³/mol. The van der Waals surface area contributed by atoms with E-state index in [0.717, 1.165) is 19.6 Å². The highest BCUT2D eigenvalue weighted by Crippen LogP contribution is 2.23. The van der Waals surface area contributed by atoms with Crippen molar-refractivity contribution in [3.8, 4) is 5.69 Å². The molecule has 3 heteroatoms. The number of ether oxygens (including phenoxy) is 1. The Morgan fingerprint density at radius 1 is 1.27 bits per heavy atom. The molecule has 0 spiro atoms. The molecule has 0 radical (unpaired) electrons. The monoisotopic (exact) mass is 200 g/mol. The lowest BCUT2D eigenvalue weighted by Gasteiger charge is -2.19. The first-order valence-electron chi connectivity index (χ1n) is 5.14. The van der Waals surface area contributed by atoms with Crippen molar-refractivity contribution in [2.75, 3.05) is 6.61 Å². The molecule has 0 fully saturated rings. The molecule has 0 amide bonds. The molecule has 0 N–H and O–H groups in total. The Labute approximate surface area is 88.3 Å². The van der Waals surface area contributed by atoms with Crippen molar-refractivity contribution in [3.05, 3.63) is 47.8 Å². The summed E-state index contributed by atoms with van der Waals surface area (Å²) < 4.78 is 7.36. The van der Waals surface area contributed by atoms with E-state index >= 15 is 0 Å². The molecule has 1 aliphatic rings. The fraction of sp³-hybridized carbons (Fsp3) is 0.250. The van der Waals surface area contributed by atoms with Crippen LogP contribution in [0.3, 0.4) is 0 Å². The number of hydrogen-bond donors (Lipinski definition) is 0. The van der Waals surface area contributed by atoms with Crippen molar-refractivity contribution in [3.63, 3.8) is 0 Å². The van der Waals surface area contributed by atoms with Crippen LogP contribution in [-0.4, -0.2) is 16.4 Å². The minimum absolute atomic E-state index is 0.727. The Morgan fingerprint density at radius 3 is 3.13 bits per heavy atom. The lowest BCUT2D eigenvalue weighted by Crippen LogP contribution is -2.13. The highest BCUT2D eigenvalue weighted by Gasteiger charge is 2.13. The summed E-state index contributed by atoms with van der Waals surface area (Å²) in [7, 11) is 0. The second-order valence-corrected chi connectivity index (χ2v) is 3.67. The van der Waals surface area contributed by atoms with Crippen LogP contribution in [-0.2, 0) is 17.8 Å². The largest absolute Gasteiger partial charge is 0.376 e. The van der Waals surface area contributed by atoms with Crippen molar-refractivity contribution in [2.24, 2.45) is 0 Å². The third-order valence-electron chi connectivity index (χ3n) is 2.75.